The maximum absolute atomic E-state index is 13.9. The molecule has 3 aliphatic carbocycles. The number of imidazole rings is 1. The first-order valence-electron chi connectivity index (χ1n) is 16.1. The first-order chi connectivity index (χ1) is 22.3. The van der Waals surface area contributed by atoms with Crippen molar-refractivity contribution in [1.29, 1.82) is 5.26 Å². The first-order valence-corrected chi connectivity index (χ1v) is 16.1. The van der Waals surface area contributed by atoms with E-state index in [4.69, 9.17) is 0 Å². The summed E-state index contributed by atoms with van der Waals surface area (Å²) in [5, 5.41) is 21.3. The Balaban J connectivity index is 1.12. The lowest BCUT2D eigenvalue weighted by Gasteiger charge is -2.44. The third-order valence-corrected chi connectivity index (χ3v) is 10.5. The molecule has 3 fully saturated rings. The number of nitriles is 1. The molecule has 1 spiro atoms. The number of hydrogen-bond donors (Lipinski definition) is 4. The van der Waals surface area contributed by atoms with Gasteiger partial charge in [-0.3, -0.25) is 18.8 Å². The van der Waals surface area contributed by atoms with Crippen molar-refractivity contribution in [3.63, 3.8) is 0 Å². The van der Waals surface area contributed by atoms with E-state index >= 15 is 0 Å². The van der Waals surface area contributed by atoms with Crippen molar-refractivity contribution in [1.82, 2.24) is 30.2 Å². The number of nitrogens with zero attached hydrogens (tertiary/aromatic N) is 4. The highest BCUT2D eigenvalue weighted by atomic mass is 16.2. The van der Waals surface area contributed by atoms with Crippen molar-refractivity contribution < 1.29 is 19.2 Å². The Morgan fingerprint density at radius 1 is 1.11 bits per heavy atom. The van der Waals surface area contributed by atoms with Crippen LogP contribution in [0.1, 0.15) is 72.1 Å². The zero-order valence-corrected chi connectivity index (χ0v) is 25.9. The van der Waals surface area contributed by atoms with Crippen LogP contribution in [-0.2, 0) is 22.4 Å². The number of anilines is 1. The van der Waals surface area contributed by atoms with Crippen LogP contribution in [-0.4, -0.2) is 69.8 Å². The van der Waals surface area contributed by atoms with Gasteiger partial charge in [-0.25, -0.2) is 9.78 Å². The van der Waals surface area contributed by atoms with Crippen LogP contribution >= 0.6 is 0 Å². The Morgan fingerprint density at radius 2 is 1.89 bits per heavy atom. The van der Waals surface area contributed by atoms with Crippen LogP contribution < -0.4 is 21.3 Å². The number of nitrogens with one attached hydrogen (secondary N) is 4. The summed E-state index contributed by atoms with van der Waals surface area (Å²) in [6.45, 7) is 1.20. The second-order valence-electron chi connectivity index (χ2n) is 13.4. The minimum atomic E-state index is -1.04. The molecule has 3 aromatic rings. The number of pyridine rings is 1. The van der Waals surface area contributed by atoms with Crippen LogP contribution in [0.3, 0.4) is 0 Å². The molecule has 46 heavy (non-hydrogen) atoms. The number of aromatic nitrogens is 2. The number of rotatable bonds is 7. The summed E-state index contributed by atoms with van der Waals surface area (Å²) in [7, 11) is 1.60. The standard InChI is InChI=1S/C34H38N8O4/c1-36-31(45)34(42-20-33(11-12-33)19-38-32(42)46)15-22-9-10-25(14-24(22)16-34)39-30(44)27(21-6-3-2-4-7-21)40-29(43)26-18-37-28-23(17-35)8-5-13-41(26)28/h5,8-10,13-14,18,21,27H,2-4,6-7,11-12,15-16,19-20H2,1H3,(H,36,45)(H,38,46)(H,39,44)(H,40,43)/t27-,34?/m0/s1. The fraction of sp³-hybridized carbons (Fsp3) is 0.471. The van der Waals surface area contributed by atoms with Gasteiger partial charge in [0.2, 0.25) is 11.8 Å². The maximum Gasteiger partial charge on any atom is 0.318 e. The molecular formula is C34H38N8O4. The van der Waals surface area contributed by atoms with E-state index in [0.29, 0.717) is 42.8 Å². The van der Waals surface area contributed by atoms with Crippen LogP contribution in [0, 0.1) is 22.7 Å². The fourth-order valence-electron chi connectivity index (χ4n) is 7.69. The van der Waals surface area contributed by atoms with Crippen LogP contribution in [0.2, 0.25) is 0 Å². The SMILES string of the molecule is CNC(=O)C1(N2CC3(CC3)CNC2=O)Cc2ccc(NC(=O)[C@@H](NC(=O)c3cnc4c(C#N)cccn34)C3CCCCC3)cc2C1. The van der Waals surface area contributed by atoms with E-state index in [1.807, 2.05) is 18.2 Å². The summed E-state index contributed by atoms with van der Waals surface area (Å²) in [4.78, 5) is 60.1. The van der Waals surface area contributed by atoms with Crippen LogP contribution in [0.25, 0.3) is 5.65 Å². The average Bonchev–Trinajstić information content (AvgIpc) is 3.49. The predicted octanol–water partition coefficient (Wildman–Crippen LogP) is 2.91. The zero-order valence-electron chi connectivity index (χ0n) is 25.9. The van der Waals surface area contributed by atoms with Gasteiger partial charge in [0.15, 0.2) is 5.65 Å². The zero-order chi connectivity index (χ0) is 32.1. The van der Waals surface area contributed by atoms with E-state index < -0.39 is 17.5 Å². The Bertz CT molecular complexity index is 1780. The van der Waals surface area contributed by atoms with Crippen molar-refractivity contribution in [3.05, 3.63) is 65.1 Å². The van der Waals surface area contributed by atoms with Crippen molar-refractivity contribution in [2.75, 3.05) is 25.5 Å². The second-order valence-corrected chi connectivity index (χ2v) is 13.4. The van der Waals surface area contributed by atoms with Crippen LogP contribution in [0.15, 0.2) is 42.7 Å². The molecule has 1 aromatic carbocycles. The number of hydrogen-bond acceptors (Lipinski definition) is 6. The summed E-state index contributed by atoms with van der Waals surface area (Å²) in [5.74, 6) is -0.981. The highest BCUT2D eigenvalue weighted by molar-refractivity contribution is 6.01. The lowest BCUT2D eigenvalue weighted by atomic mass is 9.83. The Hall–Kier alpha value is -4.92. The number of urea groups is 1. The molecule has 2 atom stereocenters. The summed E-state index contributed by atoms with van der Waals surface area (Å²) in [5.41, 5.74) is 2.43. The molecular weight excluding hydrogens is 584 g/mol. The lowest BCUT2D eigenvalue weighted by molar-refractivity contribution is -0.131. The summed E-state index contributed by atoms with van der Waals surface area (Å²) in [6, 6.07) is 10.1. The molecule has 4 aliphatic rings. The van der Waals surface area contributed by atoms with E-state index in [-0.39, 0.29) is 34.9 Å². The van der Waals surface area contributed by atoms with Gasteiger partial charge >= 0.3 is 6.03 Å². The number of carbonyl (C=O) groups excluding carboxylic acids is 4. The quantitative estimate of drug-likeness (QED) is 0.317. The van der Waals surface area contributed by atoms with Crippen LogP contribution in [0.4, 0.5) is 10.5 Å². The molecule has 238 valence electrons. The van der Waals surface area contributed by atoms with Gasteiger partial charge in [-0.15, -0.1) is 0 Å². The molecule has 4 N–H and O–H groups in total. The molecule has 2 aromatic heterocycles. The molecule has 1 unspecified atom stereocenters. The maximum atomic E-state index is 13.9. The van der Waals surface area contributed by atoms with Gasteiger partial charge in [0.25, 0.3) is 5.91 Å². The summed E-state index contributed by atoms with van der Waals surface area (Å²) < 4.78 is 1.57. The number of amides is 5. The third kappa shape index (κ3) is 5.13. The van der Waals surface area contributed by atoms with Gasteiger partial charge in [0, 0.05) is 50.3 Å². The topological polar surface area (TPSA) is 161 Å². The lowest BCUT2D eigenvalue weighted by Crippen LogP contribution is -2.67. The third-order valence-electron chi connectivity index (χ3n) is 10.5. The molecule has 3 heterocycles. The predicted molar refractivity (Wildman–Crippen MR) is 169 cm³/mol. The smallest absolute Gasteiger partial charge is 0.318 e. The molecule has 5 amide bonds. The van der Waals surface area contributed by atoms with Crippen molar-refractivity contribution in [2.24, 2.45) is 11.3 Å². The van der Waals surface area contributed by atoms with Gasteiger partial charge in [-0.2, -0.15) is 5.26 Å². The van der Waals surface area contributed by atoms with E-state index in [9.17, 15) is 24.4 Å². The van der Waals surface area contributed by atoms with E-state index in [0.717, 1.165) is 56.1 Å². The molecule has 12 heteroatoms. The molecule has 7 rings (SSSR count). The number of benzene rings is 1. The molecule has 0 bridgehead atoms. The highest BCUT2D eigenvalue weighted by Gasteiger charge is 2.57. The van der Waals surface area contributed by atoms with E-state index in [1.165, 1.54) is 6.20 Å². The summed E-state index contributed by atoms with van der Waals surface area (Å²) >= 11 is 0. The minimum absolute atomic E-state index is 0.0331. The molecule has 12 nitrogen and oxygen atoms in total. The molecule has 2 saturated carbocycles. The molecule has 1 saturated heterocycles. The number of fused-ring (bicyclic) bond motifs is 2. The van der Waals surface area contributed by atoms with Gasteiger partial charge < -0.3 is 26.2 Å². The van der Waals surface area contributed by atoms with Crippen LogP contribution in [0.5, 0.6) is 0 Å². The largest absolute Gasteiger partial charge is 0.357 e. The second kappa shape index (κ2) is 11.5. The fourth-order valence-corrected chi connectivity index (χ4v) is 7.69. The van der Waals surface area contributed by atoms with Gasteiger partial charge in [-0.05, 0) is 67.0 Å². The van der Waals surface area contributed by atoms with Crippen molar-refractivity contribution in [2.45, 2.75) is 69.4 Å². The van der Waals surface area contributed by atoms with Gasteiger partial charge in [-0.1, -0.05) is 25.3 Å². The first kappa shape index (κ1) is 29.8. The number of likely N-dealkylation sites (N-methyl/N-ethyl adjacent to an activating group) is 1. The van der Waals surface area contributed by atoms with E-state index in [2.05, 4.69) is 32.3 Å². The highest BCUT2D eigenvalue weighted by Crippen LogP contribution is 2.49. The summed E-state index contributed by atoms with van der Waals surface area (Å²) in [6.07, 6.45) is 10.6. The monoisotopic (exact) mass is 622 g/mol. The average molecular weight is 623 g/mol. The molecule has 1 aliphatic heterocycles. The van der Waals surface area contributed by atoms with Crippen molar-refractivity contribution >= 4 is 35.1 Å². The number of carbonyl (C=O) groups is 4. The minimum Gasteiger partial charge on any atom is -0.357 e. The van der Waals surface area contributed by atoms with Gasteiger partial charge in [0.05, 0.1) is 11.8 Å². The Morgan fingerprint density at radius 3 is 2.63 bits per heavy atom. The Labute approximate surface area is 266 Å². The normalized spacial score (nSPS) is 22.4. The molecule has 0 radical (unpaired) electrons. The van der Waals surface area contributed by atoms with Crippen molar-refractivity contribution in [3.8, 4) is 6.07 Å². The Kier molecular flexibility index (Phi) is 7.42. The van der Waals surface area contributed by atoms with Gasteiger partial charge in [0.1, 0.15) is 23.3 Å². The van der Waals surface area contributed by atoms with E-state index in [1.54, 1.807) is 34.7 Å².